The number of hydrogen-bond donors (Lipinski definition) is 0. The molecule has 0 fully saturated rings. The molecule has 0 aliphatic carbocycles. The Kier molecular flexibility index (Phi) is 6.60. The van der Waals surface area contributed by atoms with Crippen LogP contribution in [-0.2, 0) is 0 Å². The van der Waals surface area contributed by atoms with Gasteiger partial charge in [0.05, 0.1) is 0 Å². The van der Waals surface area contributed by atoms with Crippen molar-refractivity contribution in [3.63, 3.8) is 0 Å². The molecule has 13 rings (SSSR count). The molecule has 0 atom stereocenters. The number of thiophene rings is 1. The van der Waals surface area contributed by atoms with Gasteiger partial charge in [-0.15, -0.1) is 11.3 Å². The van der Waals surface area contributed by atoms with E-state index in [1.165, 1.54) is 48.0 Å². The van der Waals surface area contributed by atoms with Crippen molar-refractivity contribution in [3.05, 3.63) is 182 Å². The Morgan fingerprint density at radius 2 is 0.586 bits per heavy atom. The van der Waals surface area contributed by atoms with Gasteiger partial charge in [0.2, 0.25) is 0 Å². The summed E-state index contributed by atoms with van der Waals surface area (Å²) in [6.45, 7) is 0. The molecule has 4 heteroatoms. The summed E-state index contributed by atoms with van der Waals surface area (Å²) < 4.78 is 21.7. The van der Waals surface area contributed by atoms with E-state index in [0.717, 1.165) is 82.5 Å². The molecule has 4 heterocycles. The molecule has 0 bridgehead atoms. The molecular formula is C54H30O3S. The summed E-state index contributed by atoms with van der Waals surface area (Å²) in [5.41, 5.74) is 14.7. The second-order valence-corrected chi connectivity index (χ2v) is 16.3. The van der Waals surface area contributed by atoms with Gasteiger partial charge < -0.3 is 13.3 Å². The molecule has 0 aliphatic rings. The lowest BCUT2D eigenvalue weighted by atomic mass is 9.97. The van der Waals surface area contributed by atoms with Gasteiger partial charge in [-0.3, -0.25) is 0 Å². The number of fused-ring (bicyclic) bond motifs is 13. The average Bonchev–Trinajstić information content (AvgIpc) is 4.05. The first-order valence-corrected chi connectivity index (χ1v) is 20.4. The van der Waals surface area contributed by atoms with Crippen LogP contribution >= 0.6 is 11.3 Å². The van der Waals surface area contributed by atoms with Crippen LogP contribution in [-0.4, -0.2) is 0 Å². The van der Waals surface area contributed by atoms with Crippen LogP contribution in [0.4, 0.5) is 0 Å². The molecule has 0 N–H and O–H groups in total. The summed E-state index contributed by atoms with van der Waals surface area (Å²) >= 11 is 1.83. The maximum absolute atomic E-state index is 6.56. The van der Waals surface area contributed by atoms with Crippen molar-refractivity contribution in [3.8, 4) is 44.5 Å². The lowest BCUT2D eigenvalue weighted by Gasteiger charge is -2.05. The lowest BCUT2D eigenvalue weighted by Crippen LogP contribution is -1.80. The van der Waals surface area contributed by atoms with Gasteiger partial charge in [-0.05, 0) is 129 Å². The molecule has 3 nitrogen and oxygen atoms in total. The fourth-order valence-electron chi connectivity index (χ4n) is 9.03. The smallest absolute Gasteiger partial charge is 0.136 e. The fraction of sp³-hybridized carbons (Fsp3) is 0. The summed E-state index contributed by atoms with van der Waals surface area (Å²) in [7, 11) is 0. The second-order valence-electron chi connectivity index (χ2n) is 15.2. The first-order valence-electron chi connectivity index (χ1n) is 19.5. The quantitative estimate of drug-likeness (QED) is 0.179. The topological polar surface area (TPSA) is 39.4 Å². The summed E-state index contributed by atoms with van der Waals surface area (Å²) in [6, 6.07) is 64.9. The molecule has 4 aromatic heterocycles. The van der Waals surface area contributed by atoms with E-state index >= 15 is 0 Å². The molecule has 0 radical (unpaired) electrons. The molecule has 58 heavy (non-hydrogen) atoms. The standard InChI is InChI=1S/C54H30O3S/c1-3-7-31(8-4-1)33-11-17-45-39(25-33)41-27-35(13-19-47(41)55-45)37-15-21-49-43(29-37)53-50(57-49)22-24-52-54(53)44-30-38(16-23-51(44)58-52)36-14-20-48-42(28-36)40-26-34(12-18-46(40)56-48)32-9-5-2-6-10-32/h1-30H. The minimum absolute atomic E-state index is 0.885. The summed E-state index contributed by atoms with van der Waals surface area (Å²) in [5.74, 6) is 0. The minimum Gasteiger partial charge on any atom is -0.456 e. The van der Waals surface area contributed by atoms with Crippen molar-refractivity contribution >= 4 is 97.3 Å². The summed E-state index contributed by atoms with van der Waals surface area (Å²) in [4.78, 5) is 0. The van der Waals surface area contributed by atoms with Crippen LogP contribution in [0.15, 0.2) is 195 Å². The fourth-order valence-corrected chi connectivity index (χ4v) is 10.1. The summed E-state index contributed by atoms with van der Waals surface area (Å²) in [5, 5.41) is 9.22. The highest BCUT2D eigenvalue weighted by Crippen LogP contribution is 2.45. The monoisotopic (exact) mass is 758 g/mol. The van der Waals surface area contributed by atoms with Crippen LogP contribution in [0.5, 0.6) is 0 Å². The van der Waals surface area contributed by atoms with Crippen molar-refractivity contribution in [2.45, 2.75) is 0 Å². The molecule has 13 aromatic rings. The third-order valence-corrected chi connectivity index (χ3v) is 13.0. The number of rotatable bonds is 4. The Hall–Kier alpha value is -7.40. The van der Waals surface area contributed by atoms with Gasteiger partial charge in [0.1, 0.15) is 33.5 Å². The first-order chi connectivity index (χ1) is 28.7. The molecule has 0 spiro atoms. The van der Waals surface area contributed by atoms with Crippen molar-refractivity contribution in [1.29, 1.82) is 0 Å². The zero-order valence-corrected chi connectivity index (χ0v) is 31.8. The van der Waals surface area contributed by atoms with Crippen LogP contribution in [0.1, 0.15) is 0 Å². The maximum Gasteiger partial charge on any atom is 0.136 e. The van der Waals surface area contributed by atoms with E-state index in [1.807, 2.05) is 11.3 Å². The molecular weight excluding hydrogens is 729 g/mol. The first kappa shape index (κ1) is 31.8. The molecule has 0 aliphatic heterocycles. The minimum atomic E-state index is 0.885. The summed E-state index contributed by atoms with van der Waals surface area (Å²) in [6.07, 6.45) is 0. The van der Waals surface area contributed by atoms with E-state index in [4.69, 9.17) is 13.3 Å². The average molecular weight is 759 g/mol. The van der Waals surface area contributed by atoms with Gasteiger partial charge in [-0.25, -0.2) is 0 Å². The van der Waals surface area contributed by atoms with Crippen LogP contribution < -0.4 is 0 Å². The Balaban J connectivity index is 0.951. The highest BCUT2D eigenvalue weighted by molar-refractivity contribution is 7.26. The Morgan fingerprint density at radius 1 is 0.241 bits per heavy atom. The molecule has 270 valence electrons. The number of furan rings is 3. The number of hydrogen-bond acceptors (Lipinski definition) is 4. The van der Waals surface area contributed by atoms with Gasteiger partial charge in [0, 0.05) is 52.5 Å². The third kappa shape index (κ3) is 4.79. The lowest BCUT2D eigenvalue weighted by molar-refractivity contribution is 0.668. The zero-order chi connectivity index (χ0) is 37.9. The highest BCUT2D eigenvalue weighted by Gasteiger charge is 2.18. The SMILES string of the molecule is c1ccc(-c2ccc3oc4ccc(-c5ccc6oc7ccc8sc9ccc(-c%10ccc%11oc%12ccc(-c%13ccccc%13)cc%12c%11c%10)cc9c8c7c6c5)cc4c3c2)cc1. The van der Waals surface area contributed by atoms with Crippen LogP contribution in [0, 0.1) is 0 Å². The Labute approximate surface area is 335 Å². The van der Waals surface area contributed by atoms with E-state index in [9.17, 15) is 0 Å². The Bertz CT molecular complexity index is 3540. The van der Waals surface area contributed by atoms with E-state index in [1.54, 1.807) is 0 Å². The zero-order valence-electron chi connectivity index (χ0n) is 31.0. The van der Waals surface area contributed by atoms with Crippen LogP contribution in [0.25, 0.3) is 130 Å². The van der Waals surface area contributed by atoms with Crippen LogP contribution in [0.3, 0.4) is 0 Å². The molecule has 0 saturated heterocycles. The third-order valence-electron chi connectivity index (χ3n) is 11.9. The van der Waals surface area contributed by atoms with Crippen molar-refractivity contribution < 1.29 is 13.3 Å². The largest absolute Gasteiger partial charge is 0.456 e. The van der Waals surface area contributed by atoms with Gasteiger partial charge >= 0.3 is 0 Å². The van der Waals surface area contributed by atoms with Crippen LogP contribution in [0.2, 0.25) is 0 Å². The van der Waals surface area contributed by atoms with Gasteiger partial charge in [0.25, 0.3) is 0 Å². The molecule has 0 amide bonds. The van der Waals surface area contributed by atoms with Crippen molar-refractivity contribution in [1.82, 2.24) is 0 Å². The van der Waals surface area contributed by atoms with E-state index in [0.29, 0.717) is 0 Å². The molecule has 0 saturated carbocycles. The molecule has 9 aromatic carbocycles. The van der Waals surface area contributed by atoms with E-state index in [2.05, 4.69) is 182 Å². The highest BCUT2D eigenvalue weighted by atomic mass is 32.1. The maximum atomic E-state index is 6.56. The predicted molar refractivity (Wildman–Crippen MR) is 243 cm³/mol. The normalized spacial score (nSPS) is 12.1. The van der Waals surface area contributed by atoms with Gasteiger partial charge in [-0.2, -0.15) is 0 Å². The second kappa shape index (κ2) is 12.1. The van der Waals surface area contributed by atoms with Gasteiger partial charge in [0.15, 0.2) is 0 Å². The van der Waals surface area contributed by atoms with E-state index in [-0.39, 0.29) is 0 Å². The molecule has 0 unspecified atom stereocenters. The Morgan fingerprint density at radius 3 is 1.07 bits per heavy atom. The van der Waals surface area contributed by atoms with Crippen molar-refractivity contribution in [2.75, 3.05) is 0 Å². The number of benzene rings is 9. The van der Waals surface area contributed by atoms with Crippen molar-refractivity contribution in [2.24, 2.45) is 0 Å². The van der Waals surface area contributed by atoms with E-state index < -0.39 is 0 Å². The predicted octanol–water partition coefficient (Wildman–Crippen LogP) is 16.4. The van der Waals surface area contributed by atoms with Gasteiger partial charge in [-0.1, -0.05) is 97.1 Å².